The van der Waals surface area contributed by atoms with Gasteiger partial charge in [-0.15, -0.1) is 0 Å². The van der Waals surface area contributed by atoms with Crippen LogP contribution in [0.15, 0.2) is 34.8 Å². The number of aliphatic hydroxyl groups is 1. The second kappa shape index (κ2) is 8.10. The topological polar surface area (TPSA) is 143 Å². The number of hydrogen-bond acceptors (Lipinski definition) is 8. The predicted octanol–water partition coefficient (Wildman–Crippen LogP) is 0.0618. The molecule has 0 saturated carbocycles. The average Bonchev–Trinajstić information content (AvgIpc) is 2.94. The quantitative estimate of drug-likeness (QED) is 0.577. The van der Waals surface area contributed by atoms with Gasteiger partial charge in [-0.3, -0.25) is 19.3 Å². The Balaban J connectivity index is 1.93. The zero-order valence-electron chi connectivity index (χ0n) is 15.8. The number of amides is 3. The van der Waals surface area contributed by atoms with E-state index in [2.05, 4.69) is 15.7 Å². The Bertz CT molecular complexity index is 1090. The van der Waals surface area contributed by atoms with Gasteiger partial charge in [-0.2, -0.15) is 4.68 Å². The molecule has 2 aromatic rings. The highest BCUT2D eigenvalue weighted by atomic mass is 16.6. The van der Waals surface area contributed by atoms with E-state index < -0.39 is 23.5 Å². The monoisotopic (exact) mass is 401 g/mol. The number of nitrogens with one attached hydrogen (secondary N) is 2. The summed E-state index contributed by atoms with van der Waals surface area (Å²) in [6.45, 7) is 2.89. The Morgan fingerprint density at radius 2 is 2.03 bits per heavy atom. The van der Waals surface area contributed by atoms with Crippen molar-refractivity contribution in [2.75, 3.05) is 30.5 Å². The van der Waals surface area contributed by atoms with Gasteiger partial charge < -0.3 is 15.2 Å². The molecule has 11 heteroatoms. The number of anilines is 1. The van der Waals surface area contributed by atoms with Crippen LogP contribution in [0, 0.1) is 6.92 Å². The molecule has 11 nitrogen and oxygen atoms in total. The Labute approximate surface area is 164 Å². The first-order valence-electron chi connectivity index (χ1n) is 8.78. The minimum Gasteiger partial charge on any atom is -0.449 e. The van der Waals surface area contributed by atoms with Crippen LogP contribution < -0.4 is 16.3 Å². The molecule has 3 rings (SSSR count). The van der Waals surface area contributed by atoms with Crippen molar-refractivity contribution in [2.45, 2.75) is 13.8 Å². The minimum atomic E-state index is -0.794. The summed E-state index contributed by atoms with van der Waals surface area (Å²) in [5.41, 5.74) is 2.57. The summed E-state index contributed by atoms with van der Waals surface area (Å²) in [5, 5.41) is 11.9. The Morgan fingerprint density at radius 1 is 1.28 bits per heavy atom. The zero-order chi connectivity index (χ0) is 21.1. The van der Waals surface area contributed by atoms with E-state index in [0.717, 1.165) is 15.7 Å². The number of ether oxygens (including phenoxy) is 1. The highest BCUT2D eigenvalue weighted by molar-refractivity contribution is 6.17. The lowest BCUT2D eigenvalue weighted by Crippen LogP contribution is -2.36. The maximum Gasteiger partial charge on any atom is 0.426 e. The molecular formula is C18H19N5O6. The van der Waals surface area contributed by atoms with Crippen LogP contribution in [-0.4, -0.2) is 57.3 Å². The van der Waals surface area contributed by atoms with E-state index in [-0.39, 0.29) is 36.7 Å². The van der Waals surface area contributed by atoms with E-state index in [1.54, 1.807) is 26.0 Å². The summed E-state index contributed by atoms with van der Waals surface area (Å²) in [6, 6.07) is 4.64. The van der Waals surface area contributed by atoms with E-state index in [0.29, 0.717) is 11.2 Å². The van der Waals surface area contributed by atoms with Crippen LogP contribution in [-0.2, 0) is 14.3 Å². The number of aromatic nitrogens is 2. The molecule has 2 heterocycles. The number of imide groups is 1. The van der Waals surface area contributed by atoms with Crippen LogP contribution in [0.25, 0.3) is 10.9 Å². The van der Waals surface area contributed by atoms with E-state index in [1.807, 2.05) is 0 Å². The molecule has 29 heavy (non-hydrogen) atoms. The zero-order valence-corrected chi connectivity index (χ0v) is 15.8. The second-order valence-electron chi connectivity index (χ2n) is 6.07. The lowest BCUT2D eigenvalue weighted by Gasteiger charge is -2.14. The van der Waals surface area contributed by atoms with Gasteiger partial charge in [0, 0.05) is 11.8 Å². The first-order valence-corrected chi connectivity index (χ1v) is 8.78. The third-order valence-corrected chi connectivity index (χ3v) is 4.13. The Morgan fingerprint density at radius 3 is 2.72 bits per heavy atom. The number of carbonyl (C=O) groups is 3. The number of β-amino-alcohol motifs (C(OH)–C–C–N with tert-alkyl or cyclic N) is 1. The molecule has 0 aliphatic carbocycles. The average molecular weight is 401 g/mol. The molecule has 0 spiro atoms. The van der Waals surface area contributed by atoms with Crippen molar-refractivity contribution in [3.05, 3.63) is 46.2 Å². The molecule has 0 fully saturated rings. The smallest absolute Gasteiger partial charge is 0.426 e. The largest absolute Gasteiger partial charge is 0.449 e. The molecular weight excluding hydrogens is 382 g/mol. The van der Waals surface area contributed by atoms with Gasteiger partial charge in [0.2, 0.25) is 0 Å². The number of carbonyl (C=O) groups excluding carboxylic acids is 3. The van der Waals surface area contributed by atoms with E-state index in [1.165, 1.54) is 6.07 Å². The van der Waals surface area contributed by atoms with E-state index >= 15 is 0 Å². The first-order chi connectivity index (χ1) is 13.8. The van der Waals surface area contributed by atoms with Crippen molar-refractivity contribution < 1.29 is 24.2 Å². The first kappa shape index (κ1) is 20.0. The fraction of sp³-hybridized carbons (Fsp3) is 0.278. The maximum atomic E-state index is 12.8. The maximum absolute atomic E-state index is 12.8. The molecule has 0 radical (unpaired) electrons. The lowest BCUT2D eigenvalue weighted by atomic mass is 10.2. The van der Waals surface area contributed by atoms with Gasteiger partial charge in [-0.1, -0.05) is 0 Å². The van der Waals surface area contributed by atoms with E-state index in [4.69, 9.17) is 9.84 Å². The molecule has 0 unspecified atom stereocenters. The minimum absolute atomic E-state index is 0.0212. The van der Waals surface area contributed by atoms with Gasteiger partial charge in [0.15, 0.2) is 0 Å². The summed E-state index contributed by atoms with van der Waals surface area (Å²) < 4.78 is 5.75. The van der Waals surface area contributed by atoms with Crippen molar-refractivity contribution in [1.29, 1.82) is 0 Å². The summed E-state index contributed by atoms with van der Waals surface area (Å²) >= 11 is 0. The summed E-state index contributed by atoms with van der Waals surface area (Å²) in [6.07, 6.45) is 0.327. The van der Waals surface area contributed by atoms with Crippen LogP contribution >= 0.6 is 0 Å². The van der Waals surface area contributed by atoms with Crippen molar-refractivity contribution in [1.82, 2.24) is 14.6 Å². The molecule has 1 aliphatic heterocycles. The second-order valence-corrected chi connectivity index (χ2v) is 6.07. The standard InChI is InChI=1S/C18H19N5O6/c1-3-29-18(28)21-23-10(2)19-13-5-4-11(8-12(13)16(23)26)20-14-9-15(25)22(6-7-24)17(14)27/h4-5,8-9,20,24H,3,6-7H2,1-2H3,(H,21,28). The number of nitrogens with zero attached hydrogens (tertiary/aromatic N) is 3. The number of aliphatic hydroxyl groups excluding tert-OH is 1. The van der Waals surface area contributed by atoms with Crippen LogP contribution in [0.2, 0.25) is 0 Å². The fourth-order valence-electron chi connectivity index (χ4n) is 2.83. The van der Waals surface area contributed by atoms with Crippen molar-refractivity contribution >= 4 is 34.5 Å². The third-order valence-electron chi connectivity index (χ3n) is 4.13. The highest BCUT2D eigenvalue weighted by Crippen LogP contribution is 2.20. The Kier molecular flexibility index (Phi) is 5.59. The molecule has 1 aliphatic rings. The number of benzene rings is 1. The van der Waals surface area contributed by atoms with Crippen molar-refractivity contribution in [3.8, 4) is 0 Å². The Hall–Kier alpha value is -3.73. The van der Waals surface area contributed by atoms with Crippen molar-refractivity contribution in [3.63, 3.8) is 0 Å². The molecule has 0 saturated heterocycles. The third kappa shape index (κ3) is 3.94. The van der Waals surface area contributed by atoms with Crippen molar-refractivity contribution in [2.24, 2.45) is 0 Å². The highest BCUT2D eigenvalue weighted by Gasteiger charge is 2.30. The summed E-state index contributed by atoms with van der Waals surface area (Å²) in [7, 11) is 0. The molecule has 3 N–H and O–H groups in total. The van der Waals surface area contributed by atoms with Crippen LogP contribution in [0.3, 0.4) is 0 Å². The van der Waals surface area contributed by atoms with E-state index in [9.17, 15) is 19.2 Å². The lowest BCUT2D eigenvalue weighted by molar-refractivity contribution is -0.137. The van der Waals surface area contributed by atoms with Gasteiger partial charge in [0.1, 0.15) is 11.5 Å². The molecule has 3 amide bonds. The molecule has 1 aromatic carbocycles. The normalized spacial score (nSPS) is 13.6. The van der Waals surface area contributed by atoms with Crippen LogP contribution in [0.1, 0.15) is 12.7 Å². The number of hydrogen-bond donors (Lipinski definition) is 3. The summed E-state index contributed by atoms with van der Waals surface area (Å²) in [4.78, 5) is 53.7. The fourth-order valence-corrected chi connectivity index (χ4v) is 2.83. The van der Waals surface area contributed by atoms with Gasteiger partial charge in [-0.05, 0) is 32.0 Å². The van der Waals surface area contributed by atoms with Crippen LogP contribution in [0.5, 0.6) is 0 Å². The van der Waals surface area contributed by atoms with Crippen LogP contribution in [0.4, 0.5) is 10.5 Å². The van der Waals surface area contributed by atoms with Gasteiger partial charge >= 0.3 is 6.09 Å². The SMILES string of the molecule is CCOC(=O)Nn1c(C)nc2ccc(NC3=CC(=O)N(CCO)C3=O)cc2c1=O. The number of aryl methyl sites for hydroxylation is 1. The molecule has 1 aromatic heterocycles. The molecule has 152 valence electrons. The predicted molar refractivity (Wildman–Crippen MR) is 103 cm³/mol. The molecule has 0 bridgehead atoms. The summed E-state index contributed by atoms with van der Waals surface area (Å²) in [5.74, 6) is -0.853. The van der Waals surface area contributed by atoms with Gasteiger partial charge in [0.25, 0.3) is 17.4 Å². The van der Waals surface area contributed by atoms with Gasteiger partial charge in [-0.25, -0.2) is 15.2 Å². The van der Waals surface area contributed by atoms with Gasteiger partial charge in [0.05, 0.1) is 30.7 Å². The number of rotatable bonds is 6. The molecule has 0 atom stereocenters. The number of fused-ring (bicyclic) bond motifs is 1.